The van der Waals surface area contributed by atoms with Gasteiger partial charge in [-0.3, -0.25) is 0 Å². The average Bonchev–Trinajstić information content (AvgIpc) is 2.87. The van der Waals surface area contributed by atoms with Crippen LogP contribution in [-0.4, -0.2) is 30.6 Å². The van der Waals surface area contributed by atoms with Gasteiger partial charge >= 0.3 is 0 Å². The molecule has 1 heterocycles. The minimum atomic E-state index is 0.450. The number of ether oxygens (including phenoxy) is 1. The number of rotatable bonds is 3. The molecular formula is C15H21NO. The fourth-order valence-electron chi connectivity index (χ4n) is 3.39. The van der Waals surface area contributed by atoms with Gasteiger partial charge in [0.2, 0.25) is 0 Å². The lowest BCUT2D eigenvalue weighted by Crippen LogP contribution is -2.24. The smallest absolute Gasteiger partial charge is 0.119 e. The van der Waals surface area contributed by atoms with Crippen LogP contribution in [0.25, 0.3) is 0 Å². The molecule has 1 aliphatic carbocycles. The number of likely N-dealkylation sites (tertiary alicyclic amines) is 1. The molecule has 2 fully saturated rings. The van der Waals surface area contributed by atoms with Gasteiger partial charge in [-0.1, -0.05) is 25.1 Å². The van der Waals surface area contributed by atoms with E-state index < -0.39 is 0 Å². The van der Waals surface area contributed by atoms with Gasteiger partial charge in [-0.2, -0.15) is 0 Å². The number of hydrogen-bond acceptors (Lipinski definition) is 2. The zero-order chi connectivity index (χ0) is 11.7. The van der Waals surface area contributed by atoms with Crippen LogP contribution in [0.1, 0.15) is 19.8 Å². The number of benzene rings is 1. The summed E-state index contributed by atoms with van der Waals surface area (Å²) in [6.07, 6.45) is 2.94. The van der Waals surface area contributed by atoms with E-state index in [-0.39, 0.29) is 0 Å². The fourth-order valence-corrected chi connectivity index (χ4v) is 3.39. The topological polar surface area (TPSA) is 12.5 Å². The van der Waals surface area contributed by atoms with Crippen LogP contribution in [0.2, 0.25) is 0 Å². The standard InChI is InChI=1S/C15H21NO/c1-2-16-10-12-8-15(9-13(12)11-16)17-14-6-4-3-5-7-14/h3-7,12-13,15H,2,8-11H2,1H3/t12-,13+,15?. The monoisotopic (exact) mass is 231 g/mol. The molecule has 0 bridgehead atoms. The van der Waals surface area contributed by atoms with Crippen LogP contribution in [0.5, 0.6) is 5.75 Å². The largest absolute Gasteiger partial charge is 0.490 e. The lowest BCUT2D eigenvalue weighted by Gasteiger charge is -2.18. The first-order valence-corrected chi connectivity index (χ1v) is 6.79. The van der Waals surface area contributed by atoms with Crippen molar-refractivity contribution in [3.05, 3.63) is 30.3 Å². The molecule has 1 unspecified atom stereocenters. The summed E-state index contributed by atoms with van der Waals surface area (Å²) in [5.74, 6) is 2.79. The number of hydrogen-bond donors (Lipinski definition) is 0. The predicted molar refractivity (Wildman–Crippen MR) is 69.2 cm³/mol. The quantitative estimate of drug-likeness (QED) is 0.793. The van der Waals surface area contributed by atoms with Crippen molar-refractivity contribution in [2.45, 2.75) is 25.9 Å². The first kappa shape index (κ1) is 11.1. The Morgan fingerprint density at radius 1 is 1.12 bits per heavy atom. The summed E-state index contributed by atoms with van der Waals surface area (Å²) in [4.78, 5) is 2.58. The molecule has 2 aliphatic rings. The SMILES string of the molecule is CCN1C[C@H]2CC(Oc3ccccc3)C[C@H]2C1. The molecule has 17 heavy (non-hydrogen) atoms. The minimum Gasteiger partial charge on any atom is -0.490 e. The van der Waals surface area contributed by atoms with E-state index >= 15 is 0 Å². The van der Waals surface area contributed by atoms with E-state index in [1.807, 2.05) is 18.2 Å². The van der Waals surface area contributed by atoms with E-state index in [4.69, 9.17) is 4.74 Å². The van der Waals surface area contributed by atoms with Gasteiger partial charge in [0.25, 0.3) is 0 Å². The maximum atomic E-state index is 6.06. The van der Waals surface area contributed by atoms with Gasteiger partial charge in [-0.05, 0) is 43.4 Å². The van der Waals surface area contributed by atoms with Crippen LogP contribution in [0.4, 0.5) is 0 Å². The average molecular weight is 231 g/mol. The molecule has 3 rings (SSSR count). The molecule has 3 atom stereocenters. The zero-order valence-electron chi connectivity index (χ0n) is 10.5. The first-order valence-electron chi connectivity index (χ1n) is 6.79. The summed E-state index contributed by atoms with van der Waals surface area (Å²) in [7, 11) is 0. The van der Waals surface area contributed by atoms with Crippen LogP contribution >= 0.6 is 0 Å². The molecular weight excluding hydrogens is 210 g/mol. The Kier molecular flexibility index (Phi) is 3.06. The lowest BCUT2D eigenvalue weighted by atomic mass is 10.0. The molecule has 0 amide bonds. The molecule has 0 spiro atoms. The molecule has 0 radical (unpaired) electrons. The second-order valence-electron chi connectivity index (χ2n) is 5.40. The molecule has 1 aromatic rings. The van der Waals surface area contributed by atoms with Gasteiger partial charge in [0.1, 0.15) is 5.75 Å². The van der Waals surface area contributed by atoms with Crippen LogP contribution in [0, 0.1) is 11.8 Å². The van der Waals surface area contributed by atoms with Gasteiger partial charge in [-0.15, -0.1) is 0 Å². The summed E-state index contributed by atoms with van der Waals surface area (Å²) >= 11 is 0. The van der Waals surface area contributed by atoms with Gasteiger partial charge in [0, 0.05) is 13.1 Å². The summed E-state index contributed by atoms with van der Waals surface area (Å²) < 4.78 is 6.06. The third-order valence-electron chi connectivity index (χ3n) is 4.28. The number of nitrogens with zero attached hydrogens (tertiary/aromatic N) is 1. The maximum absolute atomic E-state index is 6.06. The zero-order valence-corrected chi connectivity index (χ0v) is 10.5. The molecule has 92 valence electrons. The Balaban J connectivity index is 1.56. The second-order valence-corrected chi connectivity index (χ2v) is 5.40. The van der Waals surface area contributed by atoms with E-state index in [9.17, 15) is 0 Å². The van der Waals surface area contributed by atoms with Gasteiger partial charge in [0.05, 0.1) is 6.10 Å². The summed E-state index contributed by atoms with van der Waals surface area (Å²) in [6, 6.07) is 10.3. The highest BCUT2D eigenvalue weighted by Gasteiger charge is 2.41. The van der Waals surface area contributed by atoms with Crippen LogP contribution in [-0.2, 0) is 0 Å². The van der Waals surface area contributed by atoms with E-state index in [0.29, 0.717) is 6.10 Å². The molecule has 1 aromatic carbocycles. The van der Waals surface area contributed by atoms with Gasteiger partial charge in [-0.25, -0.2) is 0 Å². The van der Waals surface area contributed by atoms with Gasteiger partial charge < -0.3 is 9.64 Å². The Morgan fingerprint density at radius 3 is 2.35 bits per heavy atom. The summed E-state index contributed by atoms with van der Waals surface area (Å²) in [6.45, 7) is 6.04. The van der Waals surface area contributed by atoms with E-state index in [2.05, 4.69) is 24.0 Å². The van der Waals surface area contributed by atoms with Crippen LogP contribution < -0.4 is 4.74 Å². The first-order chi connectivity index (χ1) is 8.35. The highest BCUT2D eigenvalue weighted by molar-refractivity contribution is 5.21. The number of fused-ring (bicyclic) bond motifs is 1. The van der Waals surface area contributed by atoms with Crippen LogP contribution in [0.3, 0.4) is 0 Å². The Morgan fingerprint density at radius 2 is 1.76 bits per heavy atom. The van der Waals surface area contributed by atoms with E-state index in [0.717, 1.165) is 17.6 Å². The molecule has 1 aliphatic heterocycles. The predicted octanol–water partition coefficient (Wildman–Crippen LogP) is 2.80. The summed E-state index contributed by atoms with van der Waals surface area (Å²) in [5, 5.41) is 0. The van der Waals surface area contributed by atoms with Crippen molar-refractivity contribution in [3.8, 4) is 5.75 Å². The molecule has 0 N–H and O–H groups in total. The molecule has 1 saturated heterocycles. The minimum absolute atomic E-state index is 0.450. The third kappa shape index (κ3) is 2.32. The van der Waals surface area contributed by atoms with Crippen molar-refractivity contribution >= 4 is 0 Å². The Bertz CT molecular complexity index is 350. The number of para-hydroxylation sites is 1. The highest BCUT2D eigenvalue weighted by Crippen LogP contribution is 2.39. The molecule has 0 aromatic heterocycles. The Labute approximate surface area is 104 Å². The van der Waals surface area contributed by atoms with E-state index in [1.165, 1.54) is 32.5 Å². The molecule has 1 saturated carbocycles. The van der Waals surface area contributed by atoms with Crippen molar-refractivity contribution < 1.29 is 4.74 Å². The van der Waals surface area contributed by atoms with Crippen molar-refractivity contribution in [1.29, 1.82) is 0 Å². The van der Waals surface area contributed by atoms with Crippen molar-refractivity contribution in [2.75, 3.05) is 19.6 Å². The highest BCUT2D eigenvalue weighted by atomic mass is 16.5. The maximum Gasteiger partial charge on any atom is 0.119 e. The van der Waals surface area contributed by atoms with Crippen LogP contribution in [0.15, 0.2) is 30.3 Å². The second kappa shape index (κ2) is 4.69. The summed E-state index contributed by atoms with van der Waals surface area (Å²) in [5.41, 5.74) is 0. The molecule has 2 nitrogen and oxygen atoms in total. The normalized spacial score (nSPS) is 32.6. The van der Waals surface area contributed by atoms with Gasteiger partial charge in [0.15, 0.2) is 0 Å². The third-order valence-corrected chi connectivity index (χ3v) is 4.28. The van der Waals surface area contributed by atoms with Crippen molar-refractivity contribution in [2.24, 2.45) is 11.8 Å². The van der Waals surface area contributed by atoms with E-state index in [1.54, 1.807) is 0 Å². The Hall–Kier alpha value is -1.02. The van der Waals surface area contributed by atoms with Crippen molar-refractivity contribution in [1.82, 2.24) is 4.90 Å². The van der Waals surface area contributed by atoms with Crippen molar-refractivity contribution in [3.63, 3.8) is 0 Å². The fraction of sp³-hybridized carbons (Fsp3) is 0.600. The lowest BCUT2D eigenvalue weighted by molar-refractivity contribution is 0.187. The molecule has 2 heteroatoms.